The summed E-state index contributed by atoms with van der Waals surface area (Å²) < 4.78 is 21.1. The largest absolute Gasteiger partial charge is 0.374 e. The predicted molar refractivity (Wildman–Crippen MR) is 128 cm³/mol. The van der Waals surface area contributed by atoms with E-state index in [1.165, 1.54) is 24.5 Å². The molecule has 4 heterocycles. The van der Waals surface area contributed by atoms with E-state index in [-0.39, 0.29) is 12.0 Å². The van der Waals surface area contributed by atoms with Gasteiger partial charge in [0.25, 0.3) is 0 Å². The first-order chi connectivity index (χ1) is 16.5. The van der Waals surface area contributed by atoms with Gasteiger partial charge < -0.3 is 9.75 Å². The minimum absolute atomic E-state index is 0.0100. The van der Waals surface area contributed by atoms with Crippen LogP contribution in [0.5, 0.6) is 0 Å². The van der Waals surface area contributed by atoms with Gasteiger partial charge in [-0.15, -0.1) is 0 Å². The molecular weight excluding hydrogens is 455 g/mol. The van der Waals surface area contributed by atoms with Gasteiger partial charge in [0.05, 0.1) is 17.5 Å². The van der Waals surface area contributed by atoms with E-state index in [0.717, 1.165) is 30.8 Å². The van der Waals surface area contributed by atoms with Crippen LogP contribution in [0.25, 0.3) is 22.4 Å². The van der Waals surface area contributed by atoms with Crippen LogP contribution < -0.4 is 5.43 Å². The van der Waals surface area contributed by atoms with Crippen molar-refractivity contribution in [2.75, 3.05) is 13.2 Å². The van der Waals surface area contributed by atoms with E-state index >= 15 is 0 Å². The summed E-state index contributed by atoms with van der Waals surface area (Å²) in [6, 6.07) is 5.23. The maximum absolute atomic E-state index is 15.0. The van der Waals surface area contributed by atoms with Crippen molar-refractivity contribution in [3.8, 4) is 11.3 Å². The molecule has 0 spiro atoms. The molecule has 1 aliphatic carbocycles. The first-order valence-corrected chi connectivity index (χ1v) is 12.2. The number of aromatic nitrogens is 4. The van der Waals surface area contributed by atoms with Crippen molar-refractivity contribution < 1.29 is 9.13 Å². The molecule has 2 aromatic heterocycles. The number of halogens is 2. The Morgan fingerprint density at radius 1 is 1.09 bits per heavy atom. The van der Waals surface area contributed by atoms with Crippen LogP contribution in [0.15, 0.2) is 30.0 Å². The van der Waals surface area contributed by atoms with E-state index in [1.54, 1.807) is 12.1 Å². The molecule has 7 nitrogen and oxygen atoms in total. The molecule has 9 heteroatoms. The molecule has 1 saturated heterocycles. The number of hydrazine groups is 1. The first kappa shape index (κ1) is 21.8. The highest BCUT2D eigenvalue weighted by atomic mass is 35.5. The molecule has 0 bridgehead atoms. The fourth-order valence-electron chi connectivity index (χ4n) is 4.71. The lowest BCUT2D eigenvalue weighted by atomic mass is 9.91. The number of nitrogens with one attached hydrogen (secondary N) is 1. The Hall–Kier alpha value is -2.68. The van der Waals surface area contributed by atoms with Crippen molar-refractivity contribution in [1.82, 2.24) is 30.4 Å². The van der Waals surface area contributed by atoms with Crippen LogP contribution in [0.3, 0.4) is 0 Å². The topological polar surface area (TPSA) is 76.1 Å². The Morgan fingerprint density at radius 2 is 1.91 bits per heavy atom. The molecule has 34 heavy (non-hydrogen) atoms. The molecule has 1 aromatic carbocycles. The summed E-state index contributed by atoms with van der Waals surface area (Å²) >= 11 is 6.01. The molecule has 176 valence electrons. The third kappa shape index (κ3) is 4.04. The van der Waals surface area contributed by atoms with E-state index in [0.29, 0.717) is 45.9 Å². The Labute approximate surface area is 202 Å². The van der Waals surface area contributed by atoms with Gasteiger partial charge in [0.15, 0.2) is 5.65 Å². The zero-order valence-corrected chi connectivity index (χ0v) is 19.9. The van der Waals surface area contributed by atoms with E-state index in [4.69, 9.17) is 26.3 Å². The summed E-state index contributed by atoms with van der Waals surface area (Å²) in [6.07, 6.45) is 6.27. The van der Waals surface area contributed by atoms with Crippen molar-refractivity contribution >= 4 is 22.8 Å². The van der Waals surface area contributed by atoms with Crippen molar-refractivity contribution in [1.29, 1.82) is 0 Å². The van der Waals surface area contributed by atoms with Crippen molar-refractivity contribution in [3.05, 3.63) is 58.0 Å². The molecule has 2 fully saturated rings. The third-order valence-electron chi connectivity index (χ3n) is 6.92. The maximum atomic E-state index is 15.0. The van der Waals surface area contributed by atoms with Gasteiger partial charge in [-0.1, -0.05) is 11.6 Å². The van der Waals surface area contributed by atoms with Crippen LogP contribution >= 0.6 is 11.6 Å². The number of hydrogen-bond donors (Lipinski definition) is 1. The number of fused-ring (bicyclic) bond motifs is 1. The Morgan fingerprint density at radius 3 is 2.71 bits per heavy atom. The quantitative estimate of drug-likeness (QED) is 0.583. The fraction of sp³-hybridized carbons (Fsp3) is 0.440. The Kier molecular flexibility index (Phi) is 5.47. The van der Waals surface area contributed by atoms with Gasteiger partial charge in [0.1, 0.15) is 22.9 Å². The summed E-state index contributed by atoms with van der Waals surface area (Å²) in [5.74, 6) is 0.301. The number of nitrogens with zero attached hydrogens (tertiary/aromatic N) is 5. The highest BCUT2D eigenvalue weighted by Gasteiger charge is 2.35. The molecule has 1 saturated carbocycles. The molecule has 0 amide bonds. The van der Waals surface area contributed by atoms with Crippen molar-refractivity contribution in [2.24, 2.45) is 0 Å². The lowest BCUT2D eigenvalue weighted by Crippen LogP contribution is -2.32. The van der Waals surface area contributed by atoms with Crippen LogP contribution in [0.4, 0.5) is 4.39 Å². The number of aryl methyl sites for hydroxylation is 2. The summed E-state index contributed by atoms with van der Waals surface area (Å²) in [5.41, 5.74) is 8.07. The van der Waals surface area contributed by atoms with Gasteiger partial charge in [-0.2, -0.15) is 0 Å². The SMILES string of the molecule is Cc1nc2nc([C@H]3CCO[C@@H](C4=CN(C5CC5)NC4)C3)nc(-c3ccc(Cl)cc3F)c2nc1C. The highest BCUT2D eigenvalue weighted by molar-refractivity contribution is 6.30. The number of ether oxygens (including phenoxy) is 1. The second-order valence-electron chi connectivity index (χ2n) is 9.38. The Balaban J connectivity index is 1.39. The van der Waals surface area contributed by atoms with Crippen LogP contribution in [0, 0.1) is 19.7 Å². The van der Waals surface area contributed by atoms with Gasteiger partial charge in [-0.25, -0.2) is 29.8 Å². The summed E-state index contributed by atoms with van der Waals surface area (Å²) in [6.45, 7) is 5.22. The average Bonchev–Trinajstić information content (AvgIpc) is 3.56. The smallest absolute Gasteiger partial charge is 0.182 e. The lowest BCUT2D eigenvalue weighted by Gasteiger charge is -2.29. The minimum atomic E-state index is -0.439. The number of hydrogen-bond acceptors (Lipinski definition) is 7. The van der Waals surface area contributed by atoms with E-state index < -0.39 is 5.82 Å². The molecule has 6 rings (SSSR count). The molecule has 1 N–H and O–H groups in total. The van der Waals surface area contributed by atoms with Crippen LogP contribution in [0.2, 0.25) is 5.02 Å². The highest BCUT2D eigenvalue weighted by Crippen LogP contribution is 2.36. The second kappa shape index (κ2) is 8.52. The van der Waals surface area contributed by atoms with Gasteiger partial charge >= 0.3 is 0 Å². The van der Waals surface area contributed by atoms with Gasteiger partial charge in [0.2, 0.25) is 0 Å². The standard InChI is InChI=1S/C25H26ClFN6O/c1-13-14(2)30-25-23(29-13)22(19-6-3-17(26)10-20(19)27)31-24(32-25)15-7-8-34-21(9-15)16-11-28-33(12-16)18-4-5-18/h3,6,10,12,15,18,21,28H,4-5,7-9,11H2,1-2H3/t15-,21+/m0/s1. The van der Waals surface area contributed by atoms with Crippen molar-refractivity contribution in [3.63, 3.8) is 0 Å². The average molecular weight is 481 g/mol. The third-order valence-corrected chi connectivity index (χ3v) is 7.15. The summed E-state index contributed by atoms with van der Waals surface area (Å²) in [5, 5.41) is 2.56. The van der Waals surface area contributed by atoms with Crippen LogP contribution in [-0.2, 0) is 4.74 Å². The number of benzene rings is 1. The number of rotatable bonds is 4. The fourth-order valence-corrected chi connectivity index (χ4v) is 4.87. The van der Waals surface area contributed by atoms with Crippen molar-refractivity contribution in [2.45, 2.75) is 57.6 Å². The summed E-state index contributed by atoms with van der Waals surface area (Å²) in [4.78, 5) is 19.0. The van der Waals surface area contributed by atoms with Gasteiger partial charge in [0, 0.05) is 41.9 Å². The monoisotopic (exact) mass is 480 g/mol. The second-order valence-corrected chi connectivity index (χ2v) is 9.82. The van der Waals surface area contributed by atoms with E-state index in [2.05, 4.69) is 26.6 Å². The predicted octanol–water partition coefficient (Wildman–Crippen LogP) is 4.63. The minimum Gasteiger partial charge on any atom is -0.374 e. The zero-order valence-electron chi connectivity index (χ0n) is 19.2. The zero-order chi connectivity index (χ0) is 23.4. The Bertz CT molecular complexity index is 1310. The first-order valence-electron chi connectivity index (χ1n) is 11.8. The molecule has 0 radical (unpaired) electrons. The molecule has 3 aromatic rings. The van der Waals surface area contributed by atoms with Crippen LogP contribution in [-0.4, -0.2) is 50.2 Å². The molecule has 2 atom stereocenters. The lowest BCUT2D eigenvalue weighted by molar-refractivity contribution is 0.0274. The van der Waals surface area contributed by atoms with Gasteiger partial charge in [-0.3, -0.25) is 0 Å². The molecule has 3 aliphatic rings. The van der Waals surface area contributed by atoms with Crippen LogP contribution in [0.1, 0.15) is 48.8 Å². The molecule has 0 unspecified atom stereocenters. The normalized spacial score (nSPS) is 22.9. The maximum Gasteiger partial charge on any atom is 0.182 e. The van der Waals surface area contributed by atoms with E-state index in [9.17, 15) is 4.39 Å². The summed E-state index contributed by atoms with van der Waals surface area (Å²) in [7, 11) is 0. The van der Waals surface area contributed by atoms with E-state index in [1.807, 2.05) is 13.8 Å². The molecule has 2 aliphatic heterocycles. The molecular formula is C25H26ClFN6O. The van der Waals surface area contributed by atoms with Gasteiger partial charge in [-0.05, 0) is 63.3 Å².